The summed E-state index contributed by atoms with van der Waals surface area (Å²) in [6.07, 6.45) is 3.09. The van der Waals surface area contributed by atoms with Crippen LogP contribution in [0.1, 0.15) is 41.0 Å². The lowest BCUT2D eigenvalue weighted by Crippen LogP contribution is -2.31. The highest BCUT2D eigenvalue weighted by Crippen LogP contribution is 2.41. The summed E-state index contributed by atoms with van der Waals surface area (Å²) in [7, 11) is 0. The lowest BCUT2D eigenvalue weighted by atomic mass is 9.68. The van der Waals surface area contributed by atoms with Gasteiger partial charge in [0.1, 0.15) is 0 Å². The third kappa shape index (κ3) is 3.44. The molecule has 0 bridgehead atoms. The molecule has 0 amide bonds. The van der Waals surface area contributed by atoms with Crippen molar-refractivity contribution in [3.63, 3.8) is 0 Å². The fourth-order valence-corrected chi connectivity index (χ4v) is 1.56. The van der Waals surface area contributed by atoms with E-state index in [0.717, 1.165) is 10.6 Å². The number of hydrogen-bond acceptors (Lipinski definition) is 2. The highest BCUT2D eigenvalue weighted by Gasteiger charge is 2.33. The standard InChI is InChI=1S/C10H20S2/c1-9(2,3)10(4,5)7-8(11)12-6/h7H2,1-6H3. The molecule has 0 aromatic carbocycles. The predicted octanol–water partition coefficient (Wildman–Crippen LogP) is 4.14. The molecule has 0 aliphatic heterocycles. The highest BCUT2D eigenvalue weighted by molar-refractivity contribution is 8.22. The first-order valence-electron chi connectivity index (χ1n) is 4.27. The zero-order chi connectivity index (χ0) is 9.99. The molecule has 0 fully saturated rings. The van der Waals surface area contributed by atoms with Crippen molar-refractivity contribution in [1.82, 2.24) is 0 Å². The van der Waals surface area contributed by atoms with Gasteiger partial charge in [0.2, 0.25) is 0 Å². The van der Waals surface area contributed by atoms with E-state index in [-0.39, 0.29) is 0 Å². The van der Waals surface area contributed by atoms with Crippen molar-refractivity contribution in [3.05, 3.63) is 0 Å². The zero-order valence-electron chi connectivity index (χ0n) is 9.02. The maximum absolute atomic E-state index is 5.24. The molecule has 0 aromatic rings. The molecule has 0 saturated carbocycles. The molecule has 0 saturated heterocycles. The van der Waals surface area contributed by atoms with Crippen molar-refractivity contribution >= 4 is 28.2 Å². The van der Waals surface area contributed by atoms with Crippen molar-refractivity contribution < 1.29 is 0 Å². The first-order valence-corrected chi connectivity index (χ1v) is 5.91. The molecule has 0 nitrogen and oxygen atoms in total. The van der Waals surface area contributed by atoms with E-state index in [2.05, 4.69) is 40.9 Å². The molecule has 12 heavy (non-hydrogen) atoms. The summed E-state index contributed by atoms with van der Waals surface area (Å²) in [6, 6.07) is 0. The first kappa shape index (κ1) is 12.4. The maximum atomic E-state index is 5.24. The van der Waals surface area contributed by atoms with E-state index in [9.17, 15) is 0 Å². The summed E-state index contributed by atoms with van der Waals surface area (Å²) >= 11 is 6.93. The molecule has 0 atom stereocenters. The number of rotatable bonds is 2. The summed E-state index contributed by atoms with van der Waals surface area (Å²) in [5.41, 5.74) is 0.625. The van der Waals surface area contributed by atoms with Crippen LogP contribution >= 0.6 is 24.0 Å². The summed E-state index contributed by atoms with van der Waals surface area (Å²) in [5, 5.41) is 0. The van der Waals surface area contributed by atoms with Gasteiger partial charge in [0.15, 0.2) is 0 Å². The molecule has 0 unspecified atom stereocenters. The van der Waals surface area contributed by atoms with Crippen LogP contribution in [0.5, 0.6) is 0 Å². The molecule has 0 heterocycles. The quantitative estimate of drug-likeness (QED) is 0.620. The average Bonchev–Trinajstić information content (AvgIpc) is 1.84. The largest absolute Gasteiger partial charge is 0.122 e. The lowest BCUT2D eigenvalue weighted by Gasteiger charge is -2.38. The molecule has 2 heteroatoms. The average molecular weight is 204 g/mol. The second-order valence-electron chi connectivity index (χ2n) is 4.89. The van der Waals surface area contributed by atoms with E-state index >= 15 is 0 Å². The fourth-order valence-electron chi connectivity index (χ4n) is 0.698. The van der Waals surface area contributed by atoms with Gasteiger partial charge in [0.05, 0.1) is 0 Å². The predicted molar refractivity (Wildman–Crippen MR) is 64.0 cm³/mol. The van der Waals surface area contributed by atoms with E-state index in [1.807, 2.05) is 0 Å². The third-order valence-corrected chi connectivity index (χ3v) is 4.09. The SMILES string of the molecule is CSC(=S)CC(C)(C)C(C)(C)C. The van der Waals surface area contributed by atoms with Gasteiger partial charge in [0.25, 0.3) is 0 Å². The Morgan fingerprint density at radius 1 is 1.17 bits per heavy atom. The minimum absolute atomic E-state index is 0.299. The Labute approximate surface area is 86.5 Å². The van der Waals surface area contributed by atoms with Crippen molar-refractivity contribution in [3.8, 4) is 0 Å². The van der Waals surface area contributed by atoms with Gasteiger partial charge in [-0.15, -0.1) is 11.8 Å². The molecule has 0 spiro atoms. The summed E-state index contributed by atoms with van der Waals surface area (Å²) in [4.78, 5) is 0. The summed E-state index contributed by atoms with van der Waals surface area (Å²) in [6.45, 7) is 11.4. The summed E-state index contributed by atoms with van der Waals surface area (Å²) < 4.78 is 1.12. The third-order valence-electron chi connectivity index (χ3n) is 2.84. The molecular formula is C10H20S2. The van der Waals surface area contributed by atoms with E-state index < -0.39 is 0 Å². The normalized spacial score (nSPS) is 13.2. The molecule has 0 rings (SSSR count). The Kier molecular flexibility index (Phi) is 4.25. The van der Waals surface area contributed by atoms with Crippen LogP contribution in [0.3, 0.4) is 0 Å². The van der Waals surface area contributed by atoms with Gasteiger partial charge < -0.3 is 0 Å². The van der Waals surface area contributed by atoms with Crippen LogP contribution in [0.25, 0.3) is 0 Å². The smallest absolute Gasteiger partial charge is 0.0481 e. The van der Waals surface area contributed by atoms with Crippen molar-refractivity contribution in [2.24, 2.45) is 10.8 Å². The van der Waals surface area contributed by atoms with E-state index in [1.165, 1.54) is 0 Å². The van der Waals surface area contributed by atoms with Crippen molar-refractivity contribution in [2.45, 2.75) is 41.0 Å². The second kappa shape index (κ2) is 4.10. The number of thioether (sulfide) groups is 1. The van der Waals surface area contributed by atoms with Crippen molar-refractivity contribution in [1.29, 1.82) is 0 Å². The molecule has 0 radical (unpaired) electrons. The molecule has 0 aliphatic rings. The Morgan fingerprint density at radius 3 is 1.83 bits per heavy atom. The molecular weight excluding hydrogens is 184 g/mol. The Hall–Kier alpha value is 0.440. The minimum Gasteiger partial charge on any atom is -0.122 e. The maximum Gasteiger partial charge on any atom is 0.0481 e. The van der Waals surface area contributed by atoms with Crippen LogP contribution in [-0.2, 0) is 0 Å². The lowest BCUT2D eigenvalue weighted by molar-refractivity contribution is 0.143. The molecule has 72 valence electrons. The van der Waals surface area contributed by atoms with Gasteiger partial charge in [-0.2, -0.15) is 0 Å². The van der Waals surface area contributed by atoms with Crippen LogP contribution in [0.4, 0.5) is 0 Å². The number of thiocarbonyl (C=S) groups is 1. The van der Waals surface area contributed by atoms with Gasteiger partial charge in [-0.05, 0) is 23.5 Å². The molecule has 0 aliphatic carbocycles. The van der Waals surface area contributed by atoms with E-state index in [0.29, 0.717) is 10.8 Å². The van der Waals surface area contributed by atoms with Gasteiger partial charge in [-0.25, -0.2) is 0 Å². The van der Waals surface area contributed by atoms with Crippen LogP contribution in [0.15, 0.2) is 0 Å². The molecule has 0 N–H and O–H groups in total. The summed E-state index contributed by atoms with van der Waals surface area (Å²) in [5.74, 6) is 0. The Balaban J connectivity index is 4.33. The Morgan fingerprint density at radius 2 is 1.58 bits per heavy atom. The van der Waals surface area contributed by atoms with Gasteiger partial charge in [-0.1, -0.05) is 46.8 Å². The monoisotopic (exact) mass is 204 g/mol. The topological polar surface area (TPSA) is 0 Å². The zero-order valence-corrected chi connectivity index (χ0v) is 10.7. The minimum atomic E-state index is 0.299. The fraction of sp³-hybridized carbons (Fsp3) is 0.900. The van der Waals surface area contributed by atoms with E-state index in [4.69, 9.17) is 12.2 Å². The van der Waals surface area contributed by atoms with Gasteiger partial charge in [-0.3, -0.25) is 0 Å². The van der Waals surface area contributed by atoms with Crippen molar-refractivity contribution in [2.75, 3.05) is 6.26 Å². The van der Waals surface area contributed by atoms with E-state index in [1.54, 1.807) is 11.8 Å². The van der Waals surface area contributed by atoms with Gasteiger partial charge >= 0.3 is 0 Å². The van der Waals surface area contributed by atoms with Crippen LogP contribution in [0, 0.1) is 10.8 Å². The van der Waals surface area contributed by atoms with Gasteiger partial charge in [0, 0.05) is 4.20 Å². The highest BCUT2D eigenvalue weighted by atomic mass is 32.2. The molecule has 0 aromatic heterocycles. The van der Waals surface area contributed by atoms with Crippen LogP contribution in [0.2, 0.25) is 0 Å². The van der Waals surface area contributed by atoms with Crippen LogP contribution < -0.4 is 0 Å². The number of hydrogen-bond donors (Lipinski definition) is 0. The first-order chi connectivity index (χ1) is 5.20. The van der Waals surface area contributed by atoms with Crippen LogP contribution in [-0.4, -0.2) is 10.5 Å². The Bertz CT molecular complexity index is 163. The second-order valence-corrected chi connectivity index (χ2v) is 6.54.